The third-order valence-electron chi connectivity index (χ3n) is 3.49. The van der Waals surface area contributed by atoms with Gasteiger partial charge in [-0.3, -0.25) is 0 Å². The minimum Gasteiger partial charge on any atom is -0.319 e. The molecule has 1 aromatic heterocycles. The van der Waals surface area contributed by atoms with Crippen LogP contribution < -0.4 is 4.80 Å². The monoisotopic (exact) mass is 344 g/mol. The second-order valence-corrected chi connectivity index (χ2v) is 7.88. The largest absolute Gasteiger partial charge is 0.319 e. The van der Waals surface area contributed by atoms with Crippen LogP contribution in [-0.2, 0) is 17.1 Å². The molecular weight excluding hydrogens is 328 g/mol. The van der Waals surface area contributed by atoms with E-state index in [1.54, 1.807) is 30.3 Å². The van der Waals surface area contributed by atoms with Gasteiger partial charge < -0.3 is 4.57 Å². The Hall–Kier alpha value is -2.18. The molecule has 2 aromatic carbocycles. The molecule has 0 bridgehead atoms. The second kappa shape index (κ2) is 6.14. The summed E-state index contributed by atoms with van der Waals surface area (Å²) in [6, 6.07) is 18.2. The number of rotatable bonds is 3. The van der Waals surface area contributed by atoms with E-state index in [4.69, 9.17) is 0 Å². The Labute approximate surface area is 139 Å². The van der Waals surface area contributed by atoms with Gasteiger partial charge in [0.15, 0.2) is 0 Å². The number of sulfonamides is 1. The Morgan fingerprint density at radius 1 is 0.957 bits per heavy atom. The first-order chi connectivity index (χ1) is 11.0. The molecule has 0 aliphatic rings. The third-order valence-corrected chi connectivity index (χ3v) is 5.93. The van der Waals surface area contributed by atoms with Gasteiger partial charge in [-0.1, -0.05) is 48.5 Å². The molecule has 6 heteroatoms. The Morgan fingerprint density at radius 3 is 2.13 bits per heavy atom. The number of nitrogens with zero attached hydrogens (tertiary/aromatic N) is 2. The first-order valence-corrected chi connectivity index (χ1v) is 9.32. The zero-order valence-corrected chi connectivity index (χ0v) is 14.4. The molecule has 0 amide bonds. The highest BCUT2D eigenvalue weighted by molar-refractivity contribution is 7.90. The van der Waals surface area contributed by atoms with E-state index in [9.17, 15) is 8.42 Å². The maximum Gasteiger partial charge on any atom is 0.285 e. The molecule has 23 heavy (non-hydrogen) atoms. The molecule has 0 saturated heterocycles. The molecule has 1 heterocycles. The molecule has 0 N–H and O–H groups in total. The predicted octanol–water partition coefficient (Wildman–Crippen LogP) is 3.35. The first kappa shape index (κ1) is 15.7. The number of benzene rings is 2. The zero-order chi connectivity index (χ0) is 16.4. The van der Waals surface area contributed by atoms with Crippen LogP contribution in [0.4, 0.5) is 0 Å². The maximum absolute atomic E-state index is 12.4. The lowest BCUT2D eigenvalue weighted by molar-refractivity contribution is 0.596. The van der Waals surface area contributed by atoms with Crippen molar-refractivity contribution in [3.8, 4) is 11.3 Å². The van der Waals surface area contributed by atoms with E-state index in [1.165, 1.54) is 11.3 Å². The molecule has 118 valence electrons. The van der Waals surface area contributed by atoms with Gasteiger partial charge in [-0.05, 0) is 24.6 Å². The van der Waals surface area contributed by atoms with Gasteiger partial charge >= 0.3 is 0 Å². The summed E-state index contributed by atoms with van der Waals surface area (Å²) >= 11 is 1.37. The van der Waals surface area contributed by atoms with Crippen LogP contribution in [0, 0.1) is 6.92 Å². The van der Waals surface area contributed by atoms with E-state index < -0.39 is 10.0 Å². The Kier molecular flexibility index (Phi) is 4.19. The van der Waals surface area contributed by atoms with Gasteiger partial charge in [0.2, 0.25) is 4.80 Å². The van der Waals surface area contributed by atoms with Crippen molar-refractivity contribution < 1.29 is 8.42 Å². The van der Waals surface area contributed by atoms with Crippen LogP contribution in [0.5, 0.6) is 0 Å². The number of hydrogen-bond acceptors (Lipinski definition) is 3. The van der Waals surface area contributed by atoms with Gasteiger partial charge in [-0.2, -0.15) is 8.42 Å². The quantitative estimate of drug-likeness (QED) is 0.731. The van der Waals surface area contributed by atoms with Crippen molar-refractivity contribution in [3.63, 3.8) is 0 Å². The topological polar surface area (TPSA) is 51.4 Å². The number of hydrogen-bond donors (Lipinski definition) is 0. The molecule has 0 fully saturated rings. The van der Waals surface area contributed by atoms with E-state index in [1.807, 2.05) is 48.9 Å². The van der Waals surface area contributed by atoms with Crippen LogP contribution in [0.15, 0.2) is 70.0 Å². The van der Waals surface area contributed by atoms with Gasteiger partial charge in [-0.25, -0.2) is 0 Å². The molecule has 0 aliphatic heterocycles. The summed E-state index contributed by atoms with van der Waals surface area (Å²) in [6.07, 6.45) is 0. The predicted molar refractivity (Wildman–Crippen MR) is 92.7 cm³/mol. The Balaban J connectivity index is 2.16. The summed E-state index contributed by atoms with van der Waals surface area (Å²) < 4.78 is 30.7. The fraction of sp³-hybridized carbons (Fsp3) is 0.118. The molecule has 0 spiro atoms. The molecule has 3 rings (SSSR count). The fourth-order valence-corrected chi connectivity index (χ4v) is 4.64. The van der Waals surface area contributed by atoms with Crippen LogP contribution in [0.25, 0.3) is 11.3 Å². The van der Waals surface area contributed by atoms with Crippen LogP contribution in [0.2, 0.25) is 0 Å². The third kappa shape index (κ3) is 3.13. The van der Waals surface area contributed by atoms with E-state index in [-0.39, 0.29) is 4.90 Å². The second-order valence-electron chi connectivity index (χ2n) is 5.09. The maximum atomic E-state index is 12.4. The lowest BCUT2D eigenvalue weighted by Crippen LogP contribution is -2.14. The van der Waals surface area contributed by atoms with E-state index in [2.05, 4.69) is 4.40 Å². The highest BCUT2D eigenvalue weighted by Gasteiger charge is 2.15. The van der Waals surface area contributed by atoms with Crippen molar-refractivity contribution in [3.05, 3.63) is 70.3 Å². The van der Waals surface area contributed by atoms with Crippen molar-refractivity contribution in [1.82, 2.24) is 4.57 Å². The average molecular weight is 344 g/mol. The highest BCUT2D eigenvalue weighted by Crippen LogP contribution is 2.24. The summed E-state index contributed by atoms with van der Waals surface area (Å²) in [7, 11) is -1.87. The highest BCUT2D eigenvalue weighted by atomic mass is 32.2. The van der Waals surface area contributed by atoms with Crippen LogP contribution in [-0.4, -0.2) is 13.0 Å². The first-order valence-electron chi connectivity index (χ1n) is 7.07. The summed E-state index contributed by atoms with van der Waals surface area (Å²) in [6.45, 7) is 1.97. The van der Waals surface area contributed by atoms with Gasteiger partial charge in [0.05, 0.1) is 10.6 Å². The van der Waals surface area contributed by atoms with Crippen LogP contribution in [0.3, 0.4) is 0 Å². The van der Waals surface area contributed by atoms with Crippen molar-refractivity contribution in [2.24, 2.45) is 11.4 Å². The van der Waals surface area contributed by atoms with E-state index in [0.29, 0.717) is 4.80 Å². The standard InChI is InChI=1S/C17H16N2O2S2/c1-13-16(14-9-5-3-6-10-14)19(2)17(22-13)18-23(20,21)15-11-7-4-8-12-15/h3-12H,1-2H3. The van der Waals surface area contributed by atoms with Gasteiger partial charge in [0.25, 0.3) is 10.0 Å². The number of aromatic nitrogens is 1. The SMILES string of the molecule is Cc1sc(=NS(=O)(=O)c2ccccc2)n(C)c1-c1ccccc1. The summed E-state index contributed by atoms with van der Waals surface area (Å²) in [5.41, 5.74) is 2.03. The molecule has 3 aromatic rings. The van der Waals surface area contributed by atoms with Crippen LogP contribution >= 0.6 is 11.3 Å². The van der Waals surface area contributed by atoms with Crippen molar-refractivity contribution in [2.45, 2.75) is 11.8 Å². The number of aryl methyl sites for hydroxylation is 1. The normalized spacial score (nSPS) is 12.5. The molecule has 0 aliphatic carbocycles. The zero-order valence-electron chi connectivity index (χ0n) is 12.8. The minimum absolute atomic E-state index is 0.201. The smallest absolute Gasteiger partial charge is 0.285 e. The molecule has 0 saturated carbocycles. The summed E-state index contributed by atoms with van der Waals surface area (Å²) in [5, 5.41) is 0. The lowest BCUT2D eigenvalue weighted by atomic mass is 10.1. The lowest BCUT2D eigenvalue weighted by Gasteiger charge is -2.04. The molecule has 4 nitrogen and oxygen atoms in total. The summed E-state index contributed by atoms with van der Waals surface area (Å²) in [4.78, 5) is 1.69. The molecule has 0 unspecified atom stereocenters. The Bertz CT molecular complexity index is 986. The minimum atomic E-state index is -3.71. The fourth-order valence-electron chi connectivity index (χ4n) is 2.41. The molecule has 0 atom stereocenters. The van der Waals surface area contributed by atoms with Crippen molar-refractivity contribution >= 4 is 21.4 Å². The average Bonchev–Trinajstić information content (AvgIpc) is 2.82. The van der Waals surface area contributed by atoms with Gasteiger partial charge in [-0.15, -0.1) is 15.7 Å². The summed E-state index contributed by atoms with van der Waals surface area (Å²) in [5.74, 6) is 0. The Morgan fingerprint density at radius 2 is 1.52 bits per heavy atom. The van der Waals surface area contributed by atoms with E-state index in [0.717, 1.165) is 16.1 Å². The number of thiazole rings is 1. The van der Waals surface area contributed by atoms with Crippen molar-refractivity contribution in [2.75, 3.05) is 0 Å². The van der Waals surface area contributed by atoms with Gasteiger partial charge in [0.1, 0.15) is 0 Å². The van der Waals surface area contributed by atoms with E-state index >= 15 is 0 Å². The molecular formula is C17H16N2O2S2. The van der Waals surface area contributed by atoms with Gasteiger partial charge in [0, 0.05) is 11.9 Å². The van der Waals surface area contributed by atoms with Crippen molar-refractivity contribution in [1.29, 1.82) is 0 Å². The molecule has 0 radical (unpaired) electrons. The van der Waals surface area contributed by atoms with Crippen LogP contribution in [0.1, 0.15) is 4.88 Å².